The van der Waals surface area contributed by atoms with Crippen LogP contribution in [0.25, 0.3) is 0 Å². The molecule has 2 heterocycles. The molecule has 2 aromatic rings. The number of aliphatic imine (C=N–C) groups is 1. The first kappa shape index (κ1) is 19.5. The molecule has 0 bridgehead atoms. The van der Waals surface area contributed by atoms with E-state index in [0.29, 0.717) is 0 Å². The van der Waals surface area contributed by atoms with Gasteiger partial charge >= 0.3 is 0 Å². The van der Waals surface area contributed by atoms with E-state index in [1.54, 1.807) is 0 Å². The van der Waals surface area contributed by atoms with Crippen LogP contribution in [0.15, 0.2) is 53.7 Å². The van der Waals surface area contributed by atoms with Crippen LogP contribution in [-0.2, 0) is 6.54 Å². The van der Waals surface area contributed by atoms with Gasteiger partial charge in [-0.2, -0.15) is 0 Å². The molecule has 0 atom stereocenters. The molecule has 3 rings (SSSR count). The predicted molar refractivity (Wildman–Crippen MR) is 115 cm³/mol. The molecular formula is C19H26IN5. The van der Waals surface area contributed by atoms with Gasteiger partial charge in [0, 0.05) is 46.0 Å². The van der Waals surface area contributed by atoms with E-state index in [9.17, 15) is 0 Å². The molecule has 0 unspecified atom stereocenters. The highest BCUT2D eigenvalue weighted by atomic mass is 127. The third-order valence-electron chi connectivity index (χ3n) is 4.34. The number of aryl methyl sites for hydroxylation is 1. The fourth-order valence-corrected chi connectivity index (χ4v) is 2.91. The standard InChI is InChI=1S/C19H25N5.HI/c1-16-6-8-17(9-7-16)15-22-19(20-2)24-13-11-23(12-14-24)18-5-3-4-10-21-18;/h3-10H,11-15H2,1-2H3,(H,20,22);1H. The van der Waals surface area contributed by atoms with Crippen molar-refractivity contribution in [2.75, 3.05) is 38.1 Å². The second kappa shape index (κ2) is 9.60. The van der Waals surface area contributed by atoms with Crippen molar-refractivity contribution in [1.82, 2.24) is 15.2 Å². The SMILES string of the molecule is CN=C(NCc1ccc(C)cc1)N1CCN(c2ccccn2)CC1.I. The van der Waals surface area contributed by atoms with Gasteiger partial charge in [-0.1, -0.05) is 35.9 Å². The Morgan fingerprint density at radius 3 is 2.40 bits per heavy atom. The largest absolute Gasteiger partial charge is 0.353 e. The lowest BCUT2D eigenvalue weighted by atomic mass is 10.1. The summed E-state index contributed by atoms with van der Waals surface area (Å²) in [4.78, 5) is 13.5. The number of guanidine groups is 1. The number of halogens is 1. The van der Waals surface area contributed by atoms with E-state index in [0.717, 1.165) is 44.5 Å². The van der Waals surface area contributed by atoms with Crippen LogP contribution in [0.5, 0.6) is 0 Å². The highest BCUT2D eigenvalue weighted by Gasteiger charge is 2.20. The number of hydrogen-bond acceptors (Lipinski definition) is 3. The van der Waals surface area contributed by atoms with Gasteiger partial charge in [-0.25, -0.2) is 4.98 Å². The normalized spacial score (nSPS) is 14.9. The zero-order valence-corrected chi connectivity index (χ0v) is 17.2. The summed E-state index contributed by atoms with van der Waals surface area (Å²) >= 11 is 0. The van der Waals surface area contributed by atoms with Crippen molar-refractivity contribution in [3.05, 3.63) is 59.8 Å². The van der Waals surface area contributed by atoms with Gasteiger partial charge in [-0.05, 0) is 24.6 Å². The lowest BCUT2D eigenvalue weighted by molar-refractivity contribution is 0.371. The molecule has 1 aliphatic rings. The second-order valence-electron chi connectivity index (χ2n) is 6.05. The van der Waals surface area contributed by atoms with Gasteiger partial charge in [0.25, 0.3) is 0 Å². The zero-order chi connectivity index (χ0) is 16.8. The molecule has 0 saturated carbocycles. The van der Waals surface area contributed by atoms with Gasteiger partial charge in [-0.15, -0.1) is 24.0 Å². The fraction of sp³-hybridized carbons (Fsp3) is 0.368. The summed E-state index contributed by atoms with van der Waals surface area (Å²) in [6.45, 7) is 6.73. The molecule has 0 radical (unpaired) electrons. The molecular weight excluding hydrogens is 425 g/mol. The maximum atomic E-state index is 4.44. The molecule has 0 amide bonds. The molecule has 1 aliphatic heterocycles. The Balaban J connectivity index is 0.00000225. The van der Waals surface area contributed by atoms with E-state index < -0.39 is 0 Å². The number of nitrogens with one attached hydrogen (secondary N) is 1. The highest BCUT2D eigenvalue weighted by molar-refractivity contribution is 14.0. The van der Waals surface area contributed by atoms with E-state index in [4.69, 9.17) is 0 Å². The van der Waals surface area contributed by atoms with Crippen LogP contribution in [0, 0.1) is 6.92 Å². The maximum Gasteiger partial charge on any atom is 0.194 e. The van der Waals surface area contributed by atoms with Gasteiger partial charge < -0.3 is 15.1 Å². The molecule has 1 N–H and O–H groups in total. The fourth-order valence-electron chi connectivity index (χ4n) is 2.91. The third kappa shape index (κ3) is 5.32. The van der Waals surface area contributed by atoms with Crippen LogP contribution in [0.3, 0.4) is 0 Å². The highest BCUT2D eigenvalue weighted by Crippen LogP contribution is 2.12. The average molecular weight is 451 g/mol. The van der Waals surface area contributed by atoms with Crippen molar-refractivity contribution in [2.24, 2.45) is 4.99 Å². The van der Waals surface area contributed by atoms with E-state index in [1.165, 1.54) is 11.1 Å². The molecule has 1 saturated heterocycles. The molecule has 0 spiro atoms. The number of pyridine rings is 1. The van der Waals surface area contributed by atoms with Crippen molar-refractivity contribution in [3.63, 3.8) is 0 Å². The summed E-state index contributed by atoms with van der Waals surface area (Å²) in [5.41, 5.74) is 2.56. The number of benzene rings is 1. The molecule has 6 heteroatoms. The van der Waals surface area contributed by atoms with E-state index in [-0.39, 0.29) is 24.0 Å². The lowest BCUT2D eigenvalue weighted by Crippen LogP contribution is -2.52. The Bertz CT molecular complexity index is 664. The smallest absolute Gasteiger partial charge is 0.194 e. The maximum absolute atomic E-state index is 4.44. The van der Waals surface area contributed by atoms with Crippen LogP contribution in [0.1, 0.15) is 11.1 Å². The van der Waals surface area contributed by atoms with Gasteiger partial charge in [0.1, 0.15) is 5.82 Å². The molecule has 1 aromatic carbocycles. The third-order valence-corrected chi connectivity index (χ3v) is 4.34. The summed E-state index contributed by atoms with van der Waals surface area (Å²) in [6, 6.07) is 14.7. The summed E-state index contributed by atoms with van der Waals surface area (Å²) in [5, 5.41) is 3.47. The minimum absolute atomic E-state index is 0. The van der Waals surface area contributed by atoms with Crippen LogP contribution < -0.4 is 10.2 Å². The van der Waals surface area contributed by atoms with Gasteiger partial charge in [0.2, 0.25) is 0 Å². The number of piperazine rings is 1. The molecule has 0 aliphatic carbocycles. The number of aromatic nitrogens is 1. The van der Waals surface area contributed by atoms with Gasteiger partial charge in [0.05, 0.1) is 0 Å². The molecule has 134 valence electrons. The Kier molecular flexibility index (Phi) is 7.49. The van der Waals surface area contributed by atoms with Crippen molar-refractivity contribution in [1.29, 1.82) is 0 Å². The number of hydrogen-bond donors (Lipinski definition) is 1. The first-order valence-corrected chi connectivity index (χ1v) is 8.43. The Morgan fingerprint density at radius 1 is 1.08 bits per heavy atom. The first-order chi connectivity index (χ1) is 11.8. The van der Waals surface area contributed by atoms with Crippen molar-refractivity contribution in [2.45, 2.75) is 13.5 Å². The number of anilines is 1. The van der Waals surface area contributed by atoms with Crippen LogP contribution in [0.4, 0.5) is 5.82 Å². The predicted octanol–water partition coefficient (Wildman–Crippen LogP) is 2.91. The topological polar surface area (TPSA) is 43.8 Å². The molecule has 1 aromatic heterocycles. The summed E-state index contributed by atoms with van der Waals surface area (Å²) in [6.07, 6.45) is 1.85. The summed E-state index contributed by atoms with van der Waals surface area (Å²) < 4.78 is 0. The first-order valence-electron chi connectivity index (χ1n) is 8.43. The number of rotatable bonds is 3. The lowest BCUT2D eigenvalue weighted by Gasteiger charge is -2.37. The van der Waals surface area contributed by atoms with Crippen LogP contribution >= 0.6 is 24.0 Å². The van der Waals surface area contributed by atoms with Gasteiger partial charge in [-0.3, -0.25) is 4.99 Å². The van der Waals surface area contributed by atoms with Crippen molar-refractivity contribution in [3.8, 4) is 0 Å². The average Bonchev–Trinajstić information content (AvgIpc) is 2.65. The van der Waals surface area contributed by atoms with Crippen LogP contribution in [-0.4, -0.2) is 49.1 Å². The van der Waals surface area contributed by atoms with E-state index in [2.05, 4.69) is 62.3 Å². The summed E-state index contributed by atoms with van der Waals surface area (Å²) in [7, 11) is 1.85. The van der Waals surface area contributed by atoms with Crippen LogP contribution in [0.2, 0.25) is 0 Å². The molecule has 25 heavy (non-hydrogen) atoms. The Morgan fingerprint density at radius 2 is 1.80 bits per heavy atom. The zero-order valence-electron chi connectivity index (χ0n) is 14.9. The molecule has 1 fully saturated rings. The molecule has 5 nitrogen and oxygen atoms in total. The second-order valence-corrected chi connectivity index (χ2v) is 6.05. The van der Waals surface area contributed by atoms with E-state index >= 15 is 0 Å². The number of nitrogens with zero attached hydrogens (tertiary/aromatic N) is 4. The Hall–Kier alpha value is -1.83. The van der Waals surface area contributed by atoms with Crippen molar-refractivity contribution < 1.29 is 0 Å². The Labute approximate surface area is 167 Å². The summed E-state index contributed by atoms with van der Waals surface area (Å²) in [5.74, 6) is 2.02. The van der Waals surface area contributed by atoms with Crippen molar-refractivity contribution >= 4 is 35.8 Å². The van der Waals surface area contributed by atoms with E-state index in [1.807, 2.05) is 25.4 Å². The van der Waals surface area contributed by atoms with Gasteiger partial charge in [0.15, 0.2) is 5.96 Å². The monoisotopic (exact) mass is 451 g/mol. The quantitative estimate of drug-likeness (QED) is 0.443. The minimum Gasteiger partial charge on any atom is -0.353 e. The minimum atomic E-state index is 0.